The Morgan fingerprint density at radius 2 is 2.00 bits per heavy atom. The number of nitrogens with one attached hydrogen (secondary N) is 1. The van der Waals surface area contributed by atoms with Gasteiger partial charge in [0.15, 0.2) is 0 Å². The predicted octanol–water partition coefficient (Wildman–Crippen LogP) is 0.0976. The normalized spacial score (nSPS) is 27.7. The fraction of sp³-hybridized carbons (Fsp3) is 0.889. The van der Waals surface area contributed by atoms with Crippen molar-refractivity contribution in [3.05, 3.63) is 0 Å². The predicted molar refractivity (Wildman–Crippen MR) is 52.3 cm³/mol. The van der Waals surface area contributed by atoms with E-state index in [0.717, 1.165) is 0 Å². The molecular weight excluding hydrogens is 184 g/mol. The molecular formula is C9H18N2O3. The van der Waals surface area contributed by atoms with E-state index < -0.39 is 17.7 Å². The van der Waals surface area contributed by atoms with Crippen molar-refractivity contribution in [1.29, 1.82) is 0 Å². The van der Waals surface area contributed by atoms with Crippen molar-refractivity contribution in [2.75, 3.05) is 13.1 Å². The summed E-state index contributed by atoms with van der Waals surface area (Å²) in [4.78, 5) is 12.4. The first-order valence-electron chi connectivity index (χ1n) is 4.75. The lowest BCUT2D eigenvalue weighted by molar-refractivity contribution is 0.0298. The van der Waals surface area contributed by atoms with Crippen molar-refractivity contribution in [2.24, 2.45) is 0 Å². The molecule has 0 unspecified atom stereocenters. The molecule has 1 heterocycles. The van der Waals surface area contributed by atoms with Crippen molar-refractivity contribution in [3.63, 3.8) is 0 Å². The van der Waals surface area contributed by atoms with Gasteiger partial charge < -0.3 is 15.5 Å². The summed E-state index contributed by atoms with van der Waals surface area (Å²) in [6.45, 7) is 6.46. The van der Waals surface area contributed by atoms with Crippen molar-refractivity contribution in [3.8, 4) is 0 Å². The molecule has 0 aromatic heterocycles. The molecule has 0 aliphatic carbocycles. The summed E-state index contributed by atoms with van der Waals surface area (Å²) in [5.74, 6) is 0. The van der Waals surface area contributed by atoms with Gasteiger partial charge in [0.1, 0.15) is 0 Å². The van der Waals surface area contributed by atoms with Crippen molar-refractivity contribution >= 4 is 6.09 Å². The molecule has 1 rings (SSSR count). The summed E-state index contributed by atoms with van der Waals surface area (Å²) >= 11 is 0. The molecule has 1 aliphatic rings. The van der Waals surface area contributed by atoms with Crippen LogP contribution in [0.3, 0.4) is 0 Å². The zero-order chi connectivity index (χ0) is 10.9. The molecule has 14 heavy (non-hydrogen) atoms. The lowest BCUT2D eigenvalue weighted by Crippen LogP contribution is -2.55. The van der Waals surface area contributed by atoms with E-state index in [9.17, 15) is 9.90 Å². The number of rotatable bonds is 1. The van der Waals surface area contributed by atoms with Gasteiger partial charge in [-0.1, -0.05) is 0 Å². The average molecular weight is 202 g/mol. The third-order valence-electron chi connectivity index (χ3n) is 2.41. The molecule has 1 amide bonds. The van der Waals surface area contributed by atoms with Crippen LogP contribution < -0.4 is 5.32 Å². The van der Waals surface area contributed by atoms with Gasteiger partial charge in [0.05, 0.1) is 12.1 Å². The first-order valence-corrected chi connectivity index (χ1v) is 4.75. The molecule has 5 nitrogen and oxygen atoms in total. The molecule has 1 aliphatic heterocycles. The van der Waals surface area contributed by atoms with E-state index in [-0.39, 0.29) is 6.04 Å². The molecule has 2 atom stereocenters. The van der Waals surface area contributed by atoms with Gasteiger partial charge in [-0.15, -0.1) is 0 Å². The zero-order valence-electron chi connectivity index (χ0n) is 8.82. The molecule has 5 heteroatoms. The van der Waals surface area contributed by atoms with Crippen LogP contribution in [0.2, 0.25) is 0 Å². The van der Waals surface area contributed by atoms with Crippen LogP contribution in [-0.2, 0) is 0 Å². The second-order valence-corrected chi connectivity index (χ2v) is 4.62. The van der Waals surface area contributed by atoms with E-state index >= 15 is 0 Å². The number of nitrogens with zero attached hydrogens (tertiary/aromatic N) is 1. The maximum Gasteiger partial charge on any atom is 0.408 e. The Hall–Kier alpha value is -0.810. The standard InChI is InChI=1S/C9H18N2O3/c1-9(2,3)11(8(13)14)6-4-10-5-7(6)12/h6-7,10,12H,4-5H2,1-3H3,(H,13,14)/t6-,7+/m0/s1. The maximum atomic E-state index is 11.1. The van der Waals surface area contributed by atoms with Crippen LogP contribution in [0.4, 0.5) is 4.79 Å². The van der Waals surface area contributed by atoms with Crippen LogP contribution in [0.5, 0.6) is 0 Å². The van der Waals surface area contributed by atoms with Crippen LogP contribution in [0, 0.1) is 0 Å². The molecule has 0 spiro atoms. The second-order valence-electron chi connectivity index (χ2n) is 4.62. The molecule has 1 fully saturated rings. The van der Waals surface area contributed by atoms with Gasteiger partial charge in [-0.25, -0.2) is 4.79 Å². The molecule has 0 bridgehead atoms. The third kappa shape index (κ3) is 2.16. The number of β-amino-alcohol motifs (C(OH)–C–C–N with tert-alkyl or cyclic N) is 1. The number of amides is 1. The van der Waals surface area contributed by atoms with E-state index in [4.69, 9.17) is 5.11 Å². The van der Waals surface area contributed by atoms with Crippen LogP contribution in [-0.4, -0.2) is 52.0 Å². The van der Waals surface area contributed by atoms with E-state index in [1.807, 2.05) is 20.8 Å². The third-order valence-corrected chi connectivity index (χ3v) is 2.41. The minimum Gasteiger partial charge on any atom is -0.465 e. The number of hydrogen-bond donors (Lipinski definition) is 3. The van der Waals surface area contributed by atoms with Gasteiger partial charge in [-0.2, -0.15) is 0 Å². The Bertz CT molecular complexity index is 225. The van der Waals surface area contributed by atoms with E-state index in [1.54, 1.807) is 0 Å². The fourth-order valence-electron chi connectivity index (χ4n) is 1.84. The minimum absolute atomic E-state index is 0.340. The summed E-state index contributed by atoms with van der Waals surface area (Å²) in [6, 6.07) is -0.340. The summed E-state index contributed by atoms with van der Waals surface area (Å²) in [6.07, 6.45) is -1.59. The first kappa shape index (κ1) is 11.3. The lowest BCUT2D eigenvalue weighted by Gasteiger charge is -2.38. The van der Waals surface area contributed by atoms with E-state index in [0.29, 0.717) is 13.1 Å². The first-order chi connectivity index (χ1) is 6.34. The number of carboxylic acid groups (broad SMARTS) is 1. The summed E-state index contributed by atoms with van der Waals surface area (Å²) in [7, 11) is 0. The molecule has 0 aromatic carbocycles. The van der Waals surface area contributed by atoms with Crippen LogP contribution >= 0.6 is 0 Å². The number of aliphatic hydroxyl groups is 1. The molecule has 3 N–H and O–H groups in total. The Morgan fingerprint density at radius 1 is 1.43 bits per heavy atom. The highest BCUT2D eigenvalue weighted by molar-refractivity contribution is 5.66. The summed E-state index contributed by atoms with van der Waals surface area (Å²) in [5.41, 5.74) is -0.483. The highest BCUT2D eigenvalue weighted by Gasteiger charge is 2.39. The van der Waals surface area contributed by atoms with Crippen LogP contribution in [0.25, 0.3) is 0 Å². The highest BCUT2D eigenvalue weighted by atomic mass is 16.4. The molecule has 0 radical (unpaired) electrons. The van der Waals surface area contributed by atoms with Gasteiger partial charge in [0, 0.05) is 18.6 Å². The zero-order valence-corrected chi connectivity index (χ0v) is 8.82. The second kappa shape index (κ2) is 3.74. The summed E-state index contributed by atoms with van der Waals surface area (Å²) < 4.78 is 0. The van der Waals surface area contributed by atoms with Crippen LogP contribution in [0.1, 0.15) is 20.8 Å². The largest absolute Gasteiger partial charge is 0.465 e. The molecule has 0 aromatic rings. The maximum absolute atomic E-state index is 11.1. The Morgan fingerprint density at radius 3 is 2.29 bits per heavy atom. The molecule has 82 valence electrons. The van der Waals surface area contributed by atoms with Gasteiger partial charge in [-0.05, 0) is 20.8 Å². The Balaban J connectivity index is 2.83. The van der Waals surface area contributed by atoms with Gasteiger partial charge in [0.25, 0.3) is 0 Å². The van der Waals surface area contributed by atoms with Crippen molar-refractivity contribution in [1.82, 2.24) is 10.2 Å². The van der Waals surface area contributed by atoms with E-state index in [1.165, 1.54) is 4.90 Å². The topological polar surface area (TPSA) is 72.8 Å². The monoisotopic (exact) mass is 202 g/mol. The number of hydrogen-bond acceptors (Lipinski definition) is 3. The lowest BCUT2D eigenvalue weighted by atomic mass is 10.0. The SMILES string of the molecule is CC(C)(C)N(C(=O)O)[C@H]1CNC[C@H]1O. The smallest absolute Gasteiger partial charge is 0.408 e. The van der Waals surface area contributed by atoms with E-state index in [2.05, 4.69) is 5.32 Å². The average Bonchev–Trinajstić information content (AvgIpc) is 2.32. The number of carbonyl (C=O) groups is 1. The Labute approximate surface area is 83.7 Å². The highest BCUT2D eigenvalue weighted by Crippen LogP contribution is 2.21. The van der Waals surface area contributed by atoms with Gasteiger partial charge >= 0.3 is 6.09 Å². The van der Waals surface area contributed by atoms with Gasteiger partial charge in [0.2, 0.25) is 0 Å². The van der Waals surface area contributed by atoms with Crippen molar-refractivity contribution in [2.45, 2.75) is 38.5 Å². The fourth-order valence-corrected chi connectivity index (χ4v) is 1.84. The number of aliphatic hydroxyl groups excluding tert-OH is 1. The van der Waals surface area contributed by atoms with Crippen molar-refractivity contribution < 1.29 is 15.0 Å². The minimum atomic E-state index is -0.981. The summed E-state index contributed by atoms with van der Waals surface area (Å²) in [5, 5.41) is 21.7. The van der Waals surface area contributed by atoms with Crippen LogP contribution in [0.15, 0.2) is 0 Å². The quantitative estimate of drug-likeness (QED) is 0.564. The molecule has 0 saturated carbocycles. The van der Waals surface area contributed by atoms with Gasteiger partial charge in [-0.3, -0.25) is 4.90 Å². The Kier molecular flexibility index (Phi) is 3.01. The molecule has 1 saturated heterocycles.